The third kappa shape index (κ3) is 2.99. The fraction of sp³-hybridized carbons (Fsp3) is 0.706. The zero-order valence-corrected chi connectivity index (χ0v) is 13.8. The number of carbonyl (C=O) groups excluding carboxylic acids is 1. The van der Waals surface area contributed by atoms with Gasteiger partial charge in [-0.2, -0.15) is 0 Å². The van der Waals surface area contributed by atoms with Gasteiger partial charge in [0.15, 0.2) is 5.82 Å². The molecular weight excluding hydrogens is 296 g/mol. The second-order valence-corrected chi connectivity index (χ2v) is 7.88. The second-order valence-electron chi connectivity index (χ2n) is 7.88. The molecule has 0 aromatic carbocycles. The van der Waals surface area contributed by atoms with E-state index >= 15 is 0 Å². The van der Waals surface area contributed by atoms with E-state index < -0.39 is 17.8 Å². The molecule has 1 amide bonds. The molecule has 6 heteroatoms. The van der Waals surface area contributed by atoms with Crippen LogP contribution in [0.25, 0.3) is 0 Å². The van der Waals surface area contributed by atoms with Gasteiger partial charge in [-0.1, -0.05) is 25.9 Å². The minimum Gasteiger partial charge on any atom is -0.481 e. The highest BCUT2D eigenvalue weighted by molar-refractivity contribution is 5.95. The van der Waals surface area contributed by atoms with Gasteiger partial charge in [0.1, 0.15) is 5.76 Å². The van der Waals surface area contributed by atoms with Gasteiger partial charge in [-0.25, -0.2) is 0 Å². The maximum Gasteiger partial charge on any atom is 0.307 e. The molecule has 3 aliphatic rings. The molecule has 2 bridgehead atoms. The maximum atomic E-state index is 12.7. The van der Waals surface area contributed by atoms with Crippen molar-refractivity contribution in [3.05, 3.63) is 11.8 Å². The summed E-state index contributed by atoms with van der Waals surface area (Å²) in [4.78, 5) is 24.3. The first kappa shape index (κ1) is 16.0. The SMILES string of the molecule is CC(C)(C)c1cc(NC(=O)[C@H]2C3CCC(CC3)[C@@H]2C(=O)O)no1. The Balaban J connectivity index is 1.77. The number of rotatable bonds is 3. The minimum absolute atomic E-state index is 0.121. The summed E-state index contributed by atoms with van der Waals surface area (Å²) in [5, 5.41) is 16.2. The summed E-state index contributed by atoms with van der Waals surface area (Å²) in [7, 11) is 0. The quantitative estimate of drug-likeness (QED) is 0.893. The van der Waals surface area contributed by atoms with Crippen molar-refractivity contribution in [2.45, 2.75) is 51.9 Å². The van der Waals surface area contributed by atoms with Crippen LogP contribution in [0.5, 0.6) is 0 Å². The zero-order chi connectivity index (χ0) is 16.8. The Kier molecular flexibility index (Phi) is 3.94. The maximum absolute atomic E-state index is 12.7. The lowest BCUT2D eigenvalue weighted by Gasteiger charge is -2.45. The predicted molar refractivity (Wildman–Crippen MR) is 83.9 cm³/mol. The van der Waals surface area contributed by atoms with E-state index in [4.69, 9.17) is 4.52 Å². The van der Waals surface area contributed by atoms with Gasteiger partial charge in [0.2, 0.25) is 5.91 Å². The number of nitrogens with one attached hydrogen (secondary N) is 1. The normalized spacial score (nSPS) is 30.2. The van der Waals surface area contributed by atoms with Crippen LogP contribution in [-0.4, -0.2) is 22.1 Å². The fourth-order valence-electron chi connectivity index (χ4n) is 4.08. The first-order chi connectivity index (χ1) is 10.8. The van der Waals surface area contributed by atoms with Crippen molar-refractivity contribution in [2.24, 2.45) is 23.7 Å². The number of fused-ring (bicyclic) bond motifs is 3. The number of aliphatic carboxylic acids is 1. The molecule has 6 nitrogen and oxygen atoms in total. The minimum atomic E-state index is -0.852. The van der Waals surface area contributed by atoms with E-state index in [1.54, 1.807) is 6.07 Å². The standard InChI is InChI=1S/C17H24N2O4/c1-17(2,3)11-8-12(19-23-11)18-15(20)13-9-4-6-10(7-5-9)14(13)16(21)22/h8-10,13-14H,4-7H2,1-3H3,(H,21,22)(H,18,19,20)/t9?,10?,13-,14-/m0/s1. The van der Waals surface area contributed by atoms with Crippen molar-refractivity contribution in [3.8, 4) is 0 Å². The Bertz CT molecular complexity index is 608. The summed E-state index contributed by atoms with van der Waals surface area (Å²) >= 11 is 0. The van der Waals surface area contributed by atoms with E-state index in [-0.39, 0.29) is 23.2 Å². The first-order valence-corrected chi connectivity index (χ1v) is 8.28. The summed E-state index contributed by atoms with van der Waals surface area (Å²) in [6.07, 6.45) is 3.73. The second kappa shape index (κ2) is 5.65. The van der Waals surface area contributed by atoms with E-state index in [9.17, 15) is 14.7 Å². The van der Waals surface area contributed by atoms with Crippen molar-refractivity contribution < 1.29 is 19.2 Å². The molecule has 0 saturated heterocycles. The molecule has 0 unspecified atom stereocenters. The van der Waals surface area contributed by atoms with Crippen LogP contribution >= 0.6 is 0 Å². The van der Waals surface area contributed by atoms with Crippen molar-refractivity contribution in [1.29, 1.82) is 0 Å². The molecule has 1 aromatic rings. The van der Waals surface area contributed by atoms with Gasteiger partial charge in [0.05, 0.1) is 11.8 Å². The van der Waals surface area contributed by atoms with Crippen molar-refractivity contribution >= 4 is 17.7 Å². The predicted octanol–water partition coefficient (Wildman–Crippen LogP) is 3.05. The summed E-state index contributed by atoms with van der Waals surface area (Å²) in [5.41, 5.74) is -0.191. The summed E-state index contributed by atoms with van der Waals surface area (Å²) in [6.45, 7) is 6.00. The Morgan fingerprint density at radius 1 is 1.17 bits per heavy atom. The number of amides is 1. The number of carboxylic acids is 1. The molecule has 0 aliphatic heterocycles. The van der Waals surface area contributed by atoms with Crippen molar-refractivity contribution in [2.75, 3.05) is 5.32 Å². The van der Waals surface area contributed by atoms with Gasteiger partial charge in [0.25, 0.3) is 0 Å². The third-order valence-corrected chi connectivity index (χ3v) is 5.31. The Labute approximate surface area is 135 Å². The highest BCUT2D eigenvalue weighted by Crippen LogP contribution is 2.49. The van der Waals surface area contributed by atoms with Crippen LogP contribution in [0.1, 0.15) is 52.2 Å². The lowest BCUT2D eigenvalue weighted by molar-refractivity contribution is -0.156. The van der Waals surface area contributed by atoms with Gasteiger partial charge >= 0.3 is 5.97 Å². The van der Waals surface area contributed by atoms with E-state index in [0.717, 1.165) is 25.7 Å². The molecule has 23 heavy (non-hydrogen) atoms. The van der Waals surface area contributed by atoms with Crippen LogP contribution in [0.3, 0.4) is 0 Å². The van der Waals surface area contributed by atoms with Gasteiger partial charge in [-0.3, -0.25) is 9.59 Å². The summed E-state index contributed by atoms with van der Waals surface area (Å²) in [6, 6.07) is 1.72. The van der Waals surface area contributed by atoms with Crippen LogP contribution in [-0.2, 0) is 15.0 Å². The van der Waals surface area contributed by atoms with Crippen LogP contribution in [0, 0.1) is 23.7 Å². The molecule has 3 fully saturated rings. The third-order valence-electron chi connectivity index (χ3n) is 5.31. The molecule has 3 aliphatic carbocycles. The number of carboxylic acid groups (broad SMARTS) is 1. The molecule has 3 saturated carbocycles. The highest BCUT2D eigenvalue weighted by atomic mass is 16.5. The Morgan fingerprint density at radius 3 is 2.22 bits per heavy atom. The molecular formula is C17H24N2O4. The van der Waals surface area contributed by atoms with E-state index in [2.05, 4.69) is 10.5 Å². The number of nitrogens with zero attached hydrogens (tertiary/aromatic N) is 1. The van der Waals surface area contributed by atoms with Crippen molar-refractivity contribution in [3.63, 3.8) is 0 Å². The fourth-order valence-corrected chi connectivity index (χ4v) is 4.08. The molecule has 1 heterocycles. The lowest BCUT2D eigenvalue weighted by atomic mass is 9.58. The highest BCUT2D eigenvalue weighted by Gasteiger charge is 2.50. The average molecular weight is 320 g/mol. The molecule has 126 valence electrons. The number of aromatic nitrogens is 1. The van der Waals surface area contributed by atoms with Crippen LogP contribution in [0.15, 0.2) is 10.6 Å². The first-order valence-electron chi connectivity index (χ1n) is 8.28. The van der Waals surface area contributed by atoms with E-state index in [1.165, 1.54) is 0 Å². The Morgan fingerprint density at radius 2 is 1.74 bits per heavy atom. The molecule has 2 N–H and O–H groups in total. The van der Waals surface area contributed by atoms with E-state index in [0.29, 0.717) is 11.6 Å². The van der Waals surface area contributed by atoms with E-state index in [1.807, 2.05) is 20.8 Å². The summed E-state index contributed by atoms with van der Waals surface area (Å²) in [5.74, 6) is -0.786. The largest absolute Gasteiger partial charge is 0.481 e. The Hall–Kier alpha value is -1.85. The average Bonchev–Trinajstić information content (AvgIpc) is 2.96. The summed E-state index contributed by atoms with van der Waals surface area (Å²) < 4.78 is 5.27. The number of anilines is 1. The molecule has 2 atom stereocenters. The van der Waals surface area contributed by atoms with Gasteiger partial charge in [-0.15, -0.1) is 0 Å². The van der Waals surface area contributed by atoms with Gasteiger partial charge in [0, 0.05) is 11.5 Å². The van der Waals surface area contributed by atoms with Crippen LogP contribution in [0.4, 0.5) is 5.82 Å². The molecule has 0 spiro atoms. The number of hydrogen-bond acceptors (Lipinski definition) is 4. The van der Waals surface area contributed by atoms with Crippen LogP contribution in [0.2, 0.25) is 0 Å². The monoisotopic (exact) mass is 320 g/mol. The topological polar surface area (TPSA) is 92.4 Å². The molecule has 1 aromatic heterocycles. The zero-order valence-electron chi connectivity index (χ0n) is 13.8. The van der Waals surface area contributed by atoms with Gasteiger partial charge < -0.3 is 14.9 Å². The lowest BCUT2D eigenvalue weighted by Crippen LogP contribution is -2.49. The number of carbonyl (C=O) groups is 2. The van der Waals surface area contributed by atoms with Crippen molar-refractivity contribution in [1.82, 2.24) is 5.16 Å². The van der Waals surface area contributed by atoms with Crippen LogP contribution < -0.4 is 5.32 Å². The smallest absolute Gasteiger partial charge is 0.307 e. The number of hydrogen-bond donors (Lipinski definition) is 2. The molecule has 4 rings (SSSR count). The van der Waals surface area contributed by atoms with Gasteiger partial charge in [-0.05, 0) is 37.5 Å². The molecule has 0 radical (unpaired) electrons.